The Kier molecular flexibility index (Phi) is 10.9. The molecule has 0 saturated carbocycles. The Morgan fingerprint density at radius 2 is 1.57 bits per heavy atom. The average Bonchev–Trinajstić information content (AvgIpc) is 2.92. The fourth-order valence-corrected chi connectivity index (χ4v) is 6.00. The van der Waals surface area contributed by atoms with E-state index in [0.717, 1.165) is 12.1 Å². The van der Waals surface area contributed by atoms with Crippen LogP contribution in [0.4, 0.5) is 18.9 Å². The van der Waals surface area contributed by atoms with E-state index in [-0.39, 0.29) is 23.9 Å². The molecule has 0 heterocycles. The number of hydrogen-bond donors (Lipinski definition) is 1. The molecule has 42 heavy (non-hydrogen) atoms. The number of carbonyl (C=O) groups excluding carboxylic acids is 2. The fourth-order valence-electron chi connectivity index (χ4n) is 4.22. The van der Waals surface area contributed by atoms with Crippen LogP contribution in [-0.4, -0.2) is 43.8 Å². The van der Waals surface area contributed by atoms with E-state index in [9.17, 15) is 31.2 Å². The molecule has 7 nitrogen and oxygen atoms in total. The average molecular weight is 645 g/mol. The maximum absolute atomic E-state index is 14.0. The van der Waals surface area contributed by atoms with Gasteiger partial charge in [-0.2, -0.15) is 13.2 Å². The zero-order valence-corrected chi connectivity index (χ0v) is 25.4. The van der Waals surface area contributed by atoms with Crippen LogP contribution in [0.15, 0.2) is 77.7 Å². The Morgan fingerprint density at radius 1 is 0.952 bits per heavy atom. The molecule has 226 valence electrons. The standard InChI is InChI=1S/C29H30Cl2F3N3O4S/c1-4-26(28(39)35-19(2)3)36(17-20-10-12-21(30)13-11-20)27(38)18-37(42(40,41)23-8-6-5-7-9-23)22-14-15-25(31)24(16-22)29(32,33)34/h5-16,19,26H,4,17-18H2,1-3H3,(H,35,39)/t26-/m1/s1. The summed E-state index contributed by atoms with van der Waals surface area (Å²) in [5.41, 5.74) is -1.08. The van der Waals surface area contributed by atoms with Gasteiger partial charge in [-0.1, -0.05) is 60.5 Å². The Hall–Kier alpha value is -3.28. The summed E-state index contributed by atoms with van der Waals surface area (Å²) in [4.78, 5) is 28.1. The smallest absolute Gasteiger partial charge is 0.352 e. The third-order valence-corrected chi connectivity index (χ3v) is 8.61. The van der Waals surface area contributed by atoms with Crippen molar-refractivity contribution in [3.05, 3.63) is 94.0 Å². The molecule has 0 fully saturated rings. The summed E-state index contributed by atoms with van der Waals surface area (Å²) in [6.45, 7) is 4.22. The van der Waals surface area contributed by atoms with E-state index in [0.29, 0.717) is 21.0 Å². The predicted molar refractivity (Wildman–Crippen MR) is 157 cm³/mol. The van der Waals surface area contributed by atoms with Crippen LogP contribution in [-0.2, 0) is 32.3 Å². The number of anilines is 1. The number of halogens is 5. The third-order valence-electron chi connectivity index (χ3n) is 6.24. The van der Waals surface area contributed by atoms with Crippen LogP contribution >= 0.6 is 23.2 Å². The number of sulfonamides is 1. The van der Waals surface area contributed by atoms with Crippen LogP contribution in [0, 0.1) is 0 Å². The summed E-state index contributed by atoms with van der Waals surface area (Å²) in [6.07, 6.45) is -4.70. The van der Waals surface area contributed by atoms with Crippen molar-refractivity contribution in [2.24, 2.45) is 0 Å². The Bertz CT molecular complexity index is 1500. The minimum atomic E-state index is -4.89. The van der Waals surface area contributed by atoms with E-state index in [2.05, 4.69) is 5.32 Å². The highest BCUT2D eigenvalue weighted by atomic mass is 35.5. The molecular weight excluding hydrogens is 614 g/mol. The molecule has 13 heteroatoms. The van der Waals surface area contributed by atoms with Gasteiger partial charge in [-0.15, -0.1) is 0 Å². The molecule has 2 amide bonds. The van der Waals surface area contributed by atoms with Crippen LogP contribution in [0.2, 0.25) is 10.0 Å². The highest BCUT2D eigenvalue weighted by molar-refractivity contribution is 7.92. The monoisotopic (exact) mass is 643 g/mol. The summed E-state index contributed by atoms with van der Waals surface area (Å²) in [7, 11) is -4.55. The number of benzene rings is 3. The minimum absolute atomic E-state index is 0.0896. The Labute approximate surface area is 253 Å². The SMILES string of the molecule is CC[C@H](C(=O)NC(C)C)N(Cc1ccc(Cl)cc1)C(=O)CN(c1ccc(Cl)c(C(F)(F)F)c1)S(=O)(=O)c1ccccc1. The van der Waals surface area contributed by atoms with E-state index >= 15 is 0 Å². The lowest BCUT2D eigenvalue weighted by Gasteiger charge is -2.33. The van der Waals surface area contributed by atoms with E-state index in [4.69, 9.17) is 23.2 Å². The number of carbonyl (C=O) groups is 2. The molecule has 1 atom stereocenters. The van der Waals surface area contributed by atoms with Gasteiger partial charge in [0.2, 0.25) is 11.8 Å². The maximum atomic E-state index is 14.0. The second-order valence-electron chi connectivity index (χ2n) is 9.72. The summed E-state index contributed by atoms with van der Waals surface area (Å²) in [5, 5.41) is 2.59. The van der Waals surface area contributed by atoms with Gasteiger partial charge in [0.05, 0.1) is 21.2 Å². The number of hydrogen-bond acceptors (Lipinski definition) is 4. The molecule has 0 saturated heterocycles. The van der Waals surface area contributed by atoms with Crippen LogP contribution in [0.25, 0.3) is 0 Å². The van der Waals surface area contributed by atoms with Crippen molar-refractivity contribution in [3.63, 3.8) is 0 Å². The summed E-state index contributed by atoms with van der Waals surface area (Å²) in [5.74, 6) is -1.27. The van der Waals surface area contributed by atoms with Crippen molar-refractivity contribution < 1.29 is 31.2 Å². The van der Waals surface area contributed by atoms with Crippen LogP contribution in [0.1, 0.15) is 38.3 Å². The van der Waals surface area contributed by atoms with Gasteiger partial charge >= 0.3 is 6.18 Å². The third kappa shape index (κ3) is 8.17. The molecule has 3 rings (SSSR count). The normalized spacial score (nSPS) is 12.6. The first-order valence-electron chi connectivity index (χ1n) is 12.9. The number of rotatable bonds is 11. The van der Waals surface area contributed by atoms with E-state index < -0.39 is 56.9 Å². The van der Waals surface area contributed by atoms with Crippen molar-refractivity contribution in [2.75, 3.05) is 10.8 Å². The maximum Gasteiger partial charge on any atom is 0.417 e. The van der Waals surface area contributed by atoms with Gasteiger partial charge in [0.15, 0.2) is 0 Å². The molecule has 0 radical (unpaired) electrons. The van der Waals surface area contributed by atoms with Gasteiger partial charge in [0.1, 0.15) is 12.6 Å². The number of nitrogens with one attached hydrogen (secondary N) is 1. The highest BCUT2D eigenvalue weighted by Crippen LogP contribution is 2.38. The number of nitrogens with zero attached hydrogens (tertiary/aromatic N) is 2. The summed E-state index contributed by atoms with van der Waals surface area (Å²) < 4.78 is 69.4. The highest BCUT2D eigenvalue weighted by Gasteiger charge is 2.37. The van der Waals surface area contributed by atoms with Gasteiger partial charge < -0.3 is 10.2 Å². The molecule has 0 bridgehead atoms. The van der Waals surface area contributed by atoms with Gasteiger partial charge in [0, 0.05) is 17.6 Å². The lowest BCUT2D eigenvalue weighted by Crippen LogP contribution is -2.53. The second kappa shape index (κ2) is 13.8. The summed E-state index contributed by atoms with van der Waals surface area (Å²) >= 11 is 11.8. The van der Waals surface area contributed by atoms with Crippen molar-refractivity contribution in [1.82, 2.24) is 10.2 Å². The number of alkyl halides is 3. The molecule has 3 aromatic rings. The van der Waals surface area contributed by atoms with E-state index in [1.54, 1.807) is 51.1 Å². The molecular formula is C29H30Cl2F3N3O4S. The zero-order chi connectivity index (χ0) is 31.2. The van der Waals surface area contributed by atoms with Gasteiger partial charge in [0.25, 0.3) is 10.0 Å². The van der Waals surface area contributed by atoms with Crippen molar-refractivity contribution >= 4 is 50.7 Å². The molecule has 3 aromatic carbocycles. The first-order valence-corrected chi connectivity index (χ1v) is 15.1. The van der Waals surface area contributed by atoms with E-state index in [1.165, 1.54) is 29.2 Å². The molecule has 0 unspecified atom stereocenters. The molecule has 0 spiro atoms. The van der Waals surface area contributed by atoms with Crippen molar-refractivity contribution in [3.8, 4) is 0 Å². The molecule has 0 aromatic heterocycles. The molecule has 1 N–H and O–H groups in total. The van der Waals surface area contributed by atoms with E-state index in [1.807, 2.05) is 0 Å². The predicted octanol–water partition coefficient (Wildman–Crippen LogP) is 6.54. The molecule has 0 aliphatic carbocycles. The van der Waals surface area contributed by atoms with Gasteiger partial charge in [-0.3, -0.25) is 13.9 Å². The van der Waals surface area contributed by atoms with Crippen LogP contribution < -0.4 is 9.62 Å². The lowest BCUT2D eigenvalue weighted by molar-refractivity contribution is -0.140. The second-order valence-corrected chi connectivity index (χ2v) is 12.4. The van der Waals surface area contributed by atoms with Crippen molar-refractivity contribution in [1.29, 1.82) is 0 Å². The fraction of sp³-hybridized carbons (Fsp3) is 0.310. The quantitative estimate of drug-likeness (QED) is 0.257. The Morgan fingerprint density at radius 3 is 2.12 bits per heavy atom. The van der Waals surface area contributed by atoms with Crippen molar-refractivity contribution in [2.45, 2.75) is 56.9 Å². The van der Waals surface area contributed by atoms with Crippen LogP contribution in [0.3, 0.4) is 0 Å². The number of amides is 2. The van der Waals surface area contributed by atoms with Gasteiger partial charge in [-0.05, 0) is 68.3 Å². The molecule has 0 aliphatic rings. The lowest BCUT2D eigenvalue weighted by atomic mass is 10.1. The largest absolute Gasteiger partial charge is 0.417 e. The molecule has 0 aliphatic heterocycles. The summed E-state index contributed by atoms with van der Waals surface area (Å²) in [6, 6.07) is 14.9. The minimum Gasteiger partial charge on any atom is -0.352 e. The first kappa shape index (κ1) is 33.2. The van der Waals surface area contributed by atoms with Gasteiger partial charge in [-0.25, -0.2) is 8.42 Å². The zero-order valence-electron chi connectivity index (χ0n) is 23.0. The topological polar surface area (TPSA) is 86.8 Å². The Balaban J connectivity index is 2.13. The first-order chi connectivity index (χ1) is 19.6. The van der Waals surface area contributed by atoms with Crippen LogP contribution in [0.5, 0.6) is 0 Å².